The van der Waals surface area contributed by atoms with Crippen molar-refractivity contribution in [3.05, 3.63) is 66.9 Å². The van der Waals surface area contributed by atoms with Crippen molar-refractivity contribution >= 4 is 16.9 Å². The van der Waals surface area contributed by atoms with E-state index in [1.807, 2.05) is 59.2 Å². The fourth-order valence-electron chi connectivity index (χ4n) is 4.26. The zero-order valence-corrected chi connectivity index (χ0v) is 16.8. The summed E-state index contributed by atoms with van der Waals surface area (Å²) in [7, 11) is 1.70. The van der Waals surface area contributed by atoms with Crippen LogP contribution in [0.2, 0.25) is 0 Å². The molecule has 1 aliphatic rings. The maximum Gasteiger partial charge on any atom is 0.167 e. The molecule has 5 nitrogen and oxygen atoms in total. The minimum atomic E-state index is -0.0892. The lowest BCUT2D eigenvalue weighted by molar-refractivity contribution is -0.119. The van der Waals surface area contributed by atoms with Gasteiger partial charge in [-0.1, -0.05) is 43.0 Å². The van der Waals surface area contributed by atoms with Crippen molar-refractivity contribution in [2.75, 3.05) is 20.3 Å². The molecule has 5 heteroatoms. The molecule has 29 heavy (non-hydrogen) atoms. The Bertz CT molecular complexity index is 1010. The van der Waals surface area contributed by atoms with E-state index in [-0.39, 0.29) is 17.7 Å². The van der Waals surface area contributed by atoms with Crippen molar-refractivity contribution in [2.24, 2.45) is 5.92 Å². The van der Waals surface area contributed by atoms with Gasteiger partial charge < -0.3 is 10.1 Å². The van der Waals surface area contributed by atoms with Crippen molar-refractivity contribution in [1.29, 1.82) is 0 Å². The Morgan fingerprint density at radius 3 is 2.83 bits per heavy atom. The number of nitrogens with zero attached hydrogens (tertiary/aromatic N) is 2. The number of ether oxygens (including phenoxy) is 1. The summed E-state index contributed by atoms with van der Waals surface area (Å²) in [6.45, 7) is 5.84. The molecule has 0 spiro atoms. The molecule has 1 aliphatic heterocycles. The van der Waals surface area contributed by atoms with Crippen LogP contribution in [0.1, 0.15) is 24.8 Å². The molecule has 0 aliphatic carbocycles. The van der Waals surface area contributed by atoms with Gasteiger partial charge in [-0.05, 0) is 37.9 Å². The van der Waals surface area contributed by atoms with Gasteiger partial charge in [0.25, 0.3) is 0 Å². The maximum absolute atomic E-state index is 13.6. The van der Waals surface area contributed by atoms with Crippen LogP contribution in [-0.2, 0) is 9.53 Å². The van der Waals surface area contributed by atoms with E-state index in [0.717, 1.165) is 48.1 Å². The lowest BCUT2D eigenvalue weighted by atomic mass is 9.81. The molecule has 150 valence electrons. The van der Waals surface area contributed by atoms with E-state index in [4.69, 9.17) is 9.84 Å². The zero-order chi connectivity index (χ0) is 20.2. The number of aromatic nitrogens is 2. The van der Waals surface area contributed by atoms with Crippen LogP contribution in [-0.4, -0.2) is 41.7 Å². The smallest absolute Gasteiger partial charge is 0.167 e. The second-order valence-corrected chi connectivity index (χ2v) is 7.55. The van der Waals surface area contributed by atoms with Crippen LogP contribution in [0.25, 0.3) is 22.3 Å². The molecule has 2 aromatic heterocycles. The molecule has 2 atom stereocenters. The third kappa shape index (κ3) is 3.88. The largest absolute Gasteiger partial charge is 0.385 e. The average Bonchev–Trinajstić information content (AvgIpc) is 3.17. The molecule has 0 saturated carbocycles. The summed E-state index contributed by atoms with van der Waals surface area (Å²) in [5.41, 5.74) is 4.06. The Balaban J connectivity index is 1.73. The number of piperidine rings is 1. The van der Waals surface area contributed by atoms with Crippen LogP contribution >= 0.6 is 0 Å². The number of carbonyl (C=O) groups is 1. The fourth-order valence-corrected chi connectivity index (χ4v) is 4.26. The van der Waals surface area contributed by atoms with E-state index in [0.29, 0.717) is 12.2 Å². The monoisotopic (exact) mass is 389 g/mol. The van der Waals surface area contributed by atoms with Gasteiger partial charge in [0.1, 0.15) is 5.69 Å². The van der Waals surface area contributed by atoms with Gasteiger partial charge in [-0.3, -0.25) is 4.79 Å². The van der Waals surface area contributed by atoms with E-state index < -0.39 is 0 Å². The van der Waals surface area contributed by atoms with Gasteiger partial charge in [-0.15, -0.1) is 0 Å². The molecular formula is C24H27N3O2. The van der Waals surface area contributed by atoms with Gasteiger partial charge in [-0.25, -0.2) is 4.52 Å². The number of ketones is 1. The number of nitrogens with one attached hydrogen (secondary N) is 1. The molecule has 0 amide bonds. The van der Waals surface area contributed by atoms with Gasteiger partial charge in [0.15, 0.2) is 5.78 Å². The minimum absolute atomic E-state index is 0.0892. The molecule has 3 aromatic rings. The van der Waals surface area contributed by atoms with Gasteiger partial charge >= 0.3 is 0 Å². The number of benzene rings is 1. The number of hydrogen-bond acceptors (Lipinski definition) is 4. The second kappa shape index (κ2) is 8.72. The highest BCUT2D eigenvalue weighted by Gasteiger charge is 2.33. The summed E-state index contributed by atoms with van der Waals surface area (Å²) in [5.74, 6) is 0.0166. The third-order valence-corrected chi connectivity index (χ3v) is 5.74. The number of methoxy groups -OCH3 is 1. The lowest BCUT2D eigenvalue weighted by Crippen LogP contribution is -2.45. The summed E-state index contributed by atoms with van der Waals surface area (Å²) < 4.78 is 7.08. The molecule has 0 radical (unpaired) electrons. The lowest BCUT2D eigenvalue weighted by Gasteiger charge is -2.32. The van der Waals surface area contributed by atoms with E-state index in [1.54, 1.807) is 7.11 Å². The van der Waals surface area contributed by atoms with Gasteiger partial charge in [-0.2, -0.15) is 5.10 Å². The van der Waals surface area contributed by atoms with Crippen molar-refractivity contribution in [3.63, 3.8) is 0 Å². The number of fused-ring (bicyclic) bond motifs is 1. The number of hydrogen-bond donors (Lipinski definition) is 1. The summed E-state index contributed by atoms with van der Waals surface area (Å²) >= 11 is 0. The van der Waals surface area contributed by atoms with Crippen LogP contribution in [0.5, 0.6) is 0 Å². The quantitative estimate of drug-likeness (QED) is 0.621. The van der Waals surface area contributed by atoms with Crippen molar-refractivity contribution in [2.45, 2.75) is 25.3 Å². The number of carbonyl (C=O) groups excluding carboxylic acids is 1. The van der Waals surface area contributed by atoms with E-state index >= 15 is 0 Å². The van der Waals surface area contributed by atoms with Crippen molar-refractivity contribution in [3.8, 4) is 11.3 Å². The summed E-state index contributed by atoms with van der Waals surface area (Å²) in [4.78, 5) is 13.6. The Hall–Kier alpha value is -2.76. The van der Waals surface area contributed by atoms with E-state index in [1.165, 1.54) is 0 Å². The van der Waals surface area contributed by atoms with E-state index in [2.05, 4.69) is 11.9 Å². The minimum Gasteiger partial charge on any atom is -0.385 e. The number of Topliss-reactive ketones (excluding diaryl/α,β-unsaturated/α-hetero) is 1. The zero-order valence-electron chi connectivity index (χ0n) is 16.8. The topological polar surface area (TPSA) is 55.6 Å². The van der Waals surface area contributed by atoms with Crippen LogP contribution in [0.4, 0.5) is 0 Å². The standard InChI is InChI=1S/C24H27N3O2/c1-17(24(28)19-11-8-14-25-20(19)13-16-29-2)22-21-12-6-7-15-27(21)26-23(22)18-9-4-3-5-10-18/h3-7,9-10,12,15,19-20,25H,1,8,11,13-14,16H2,2H3. The molecule has 3 heterocycles. The number of rotatable bonds is 7. The first kappa shape index (κ1) is 19.6. The predicted octanol–water partition coefficient (Wildman–Crippen LogP) is 3.99. The Morgan fingerprint density at radius 1 is 1.24 bits per heavy atom. The van der Waals surface area contributed by atoms with Crippen LogP contribution in [0, 0.1) is 5.92 Å². The van der Waals surface area contributed by atoms with Crippen LogP contribution in [0.3, 0.4) is 0 Å². The number of pyridine rings is 1. The second-order valence-electron chi connectivity index (χ2n) is 7.55. The average molecular weight is 389 g/mol. The van der Waals surface area contributed by atoms with Gasteiger partial charge in [0.2, 0.25) is 0 Å². The summed E-state index contributed by atoms with van der Waals surface area (Å²) in [6, 6.07) is 16.0. The van der Waals surface area contributed by atoms with E-state index in [9.17, 15) is 4.79 Å². The highest BCUT2D eigenvalue weighted by Crippen LogP contribution is 2.34. The predicted molar refractivity (Wildman–Crippen MR) is 116 cm³/mol. The Labute approximate surface area is 171 Å². The van der Waals surface area contributed by atoms with Gasteiger partial charge in [0, 0.05) is 48.6 Å². The normalized spacial score (nSPS) is 19.3. The maximum atomic E-state index is 13.6. The Kier molecular flexibility index (Phi) is 5.88. The summed E-state index contributed by atoms with van der Waals surface area (Å²) in [6.07, 6.45) is 4.60. The number of allylic oxidation sites excluding steroid dienone is 1. The first-order valence-electron chi connectivity index (χ1n) is 10.2. The molecule has 0 bridgehead atoms. The highest BCUT2D eigenvalue weighted by molar-refractivity contribution is 6.24. The fraction of sp³-hybridized carbons (Fsp3) is 0.333. The summed E-state index contributed by atoms with van der Waals surface area (Å²) in [5, 5.41) is 8.27. The highest BCUT2D eigenvalue weighted by atomic mass is 16.5. The first-order valence-corrected chi connectivity index (χ1v) is 10.2. The van der Waals surface area contributed by atoms with Crippen LogP contribution in [0.15, 0.2) is 61.3 Å². The third-order valence-electron chi connectivity index (χ3n) is 5.74. The SMILES string of the molecule is C=C(C(=O)C1CCCNC1CCOC)c1c(-c2ccccc2)nn2ccccc12. The molecule has 4 rings (SSSR count). The Morgan fingerprint density at radius 2 is 2.03 bits per heavy atom. The molecule has 1 fully saturated rings. The van der Waals surface area contributed by atoms with Crippen molar-refractivity contribution in [1.82, 2.24) is 14.9 Å². The molecule has 2 unspecified atom stereocenters. The molecule has 1 saturated heterocycles. The van der Waals surface area contributed by atoms with Crippen molar-refractivity contribution < 1.29 is 9.53 Å². The first-order chi connectivity index (χ1) is 14.2. The van der Waals surface area contributed by atoms with Crippen LogP contribution < -0.4 is 5.32 Å². The molecular weight excluding hydrogens is 362 g/mol. The molecule has 1 aromatic carbocycles. The van der Waals surface area contributed by atoms with Gasteiger partial charge in [0.05, 0.1) is 5.52 Å². The molecule has 1 N–H and O–H groups in total.